The lowest BCUT2D eigenvalue weighted by Crippen LogP contribution is -2.30. The van der Waals surface area contributed by atoms with E-state index in [2.05, 4.69) is 10.3 Å². The monoisotopic (exact) mass is 282 g/mol. The summed E-state index contributed by atoms with van der Waals surface area (Å²) in [6.07, 6.45) is 1.18. The van der Waals surface area contributed by atoms with Crippen LogP contribution in [0.2, 0.25) is 0 Å². The Morgan fingerprint density at radius 3 is 2.84 bits per heavy atom. The van der Waals surface area contributed by atoms with Gasteiger partial charge in [0, 0.05) is 24.2 Å². The third-order valence-electron chi connectivity index (χ3n) is 2.42. The Hall–Kier alpha value is -1.50. The predicted molar refractivity (Wildman–Crippen MR) is 71.7 cm³/mol. The van der Waals surface area contributed by atoms with Crippen molar-refractivity contribution in [2.24, 2.45) is 0 Å². The van der Waals surface area contributed by atoms with Crippen LogP contribution in [0.15, 0.2) is 36.0 Å². The maximum absolute atomic E-state index is 12.7. The van der Waals surface area contributed by atoms with Gasteiger partial charge >= 0.3 is 0 Å². The highest BCUT2D eigenvalue weighted by molar-refractivity contribution is 7.09. The summed E-state index contributed by atoms with van der Waals surface area (Å²) in [6, 6.07) is 5.72. The number of nitrogens with zero attached hydrogens (tertiary/aromatic N) is 1. The number of nitrogens with one attached hydrogen (secondary N) is 1. The molecule has 2 aromatic rings. The molecule has 19 heavy (non-hydrogen) atoms. The van der Waals surface area contributed by atoms with Crippen molar-refractivity contribution >= 4 is 11.3 Å². The standard InChI is InChI=1S/C13H15FN2O2S/c14-10-1-3-12(4-2-10)18-8-11(17)5-15-6-13-7-16-9-19-13/h1-4,7,9,11,15,17H,5-6,8H2. The molecule has 0 radical (unpaired) electrons. The molecule has 1 atom stereocenters. The summed E-state index contributed by atoms with van der Waals surface area (Å²) in [5.41, 5.74) is 1.77. The number of halogens is 1. The minimum Gasteiger partial charge on any atom is -0.491 e. The molecule has 0 aliphatic carbocycles. The third kappa shape index (κ3) is 4.94. The average Bonchev–Trinajstić information content (AvgIpc) is 2.91. The number of hydrogen-bond acceptors (Lipinski definition) is 5. The largest absolute Gasteiger partial charge is 0.491 e. The molecule has 1 heterocycles. The van der Waals surface area contributed by atoms with Gasteiger partial charge in [-0.3, -0.25) is 4.98 Å². The van der Waals surface area contributed by atoms with Gasteiger partial charge in [0.25, 0.3) is 0 Å². The SMILES string of the molecule is OC(CNCc1cncs1)COc1ccc(F)cc1. The van der Waals surface area contributed by atoms with E-state index >= 15 is 0 Å². The van der Waals surface area contributed by atoms with Crippen molar-refractivity contribution in [1.82, 2.24) is 10.3 Å². The summed E-state index contributed by atoms with van der Waals surface area (Å²) in [6.45, 7) is 1.28. The maximum atomic E-state index is 12.7. The van der Waals surface area contributed by atoms with E-state index in [1.165, 1.54) is 24.3 Å². The molecule has 0 spiro atoms. The number of hydrogen-bond donors (Lipinski definition) is 2. The van der Waals surface area contributed by atoms with Crippen molar-refractivity contribution in [2.75, 3.05) is 13.2 Å². The van der Waals surface area contributed by atoms with Crippen LogP contribution < -0.4 is 10.1 Å². The Labute approximate surface area is 114 Å². The Kier molecular flexibility index (Phi) is 5.26. The van der Waals surface area contributed by atoms with Crippen molar-refractivity contribution in [1.29, 1.82) is 0 Å². The van der Waals surface area contributed by atoms with Crippen LogP contribution in [0, 0.1) is 5.82 Å². The average molecular weight is 282 g/mol. The maximum Gasteiger partial charge on any atom is 0.123 e. The Bertz CT molecular complexity index is 476. The van der Waals surface area contributed by atoms with Crippen LogP contribution in [0.3, 0.4) is 0 Å². The summed E-state index contributed by atoms with van der Waals surface area (Å²) >= 11 is 1.56. The summed E-state index contributed by atoms with van der Waals surface area (Å²) in [5.74, 6) is 0.238. The molecule has 6 heteroatoms. The molecule has 102 valence electrons. The van der Waals surface area contributed by atoms with Crippen LogP contribution in [0.5, 0.6) is 5.75 Å². The molecule has 0 saturated heterocycles. The lowest BCUT2D eigenvalue weighted by atomic mass is 10.3. The molecule has 0 fully saturated rings. The van der Waals surface area contributed by atoms with Crippen molar-refractivity contribution in [2.45, 2.75) is 12.6 Å². The summed E-state index contributed by atoms with van der Waals surface area (Å²) < 4.78 is 18.0. The zero-order valence-corrected chi connectivity index (χ0v) is 11.1. The van der Waals surface area contributed by atoms with E-state index in [1.807, 2.05) is 0 Å². The lowest BCUT2D eigenvalue weighted by molar-refractivity contribution is 0.106. The van der Waals surface area contributed by atoms with Crippen LogP contribution in [-0.2, 0) is 6.54 Å². The summed E-state index contributed by atoms with van der Waals surface area (Å²) in [4.78, 5) is 5.08. The van der Waals surface area contributed by atoms with Crippen LogP contribution in [0.25, 0.3) is 0 Å². The van der Waals surface area contributed by atoms with Crippen molar-refractivity contribution in [3.63, 3.8) is 0 Å². The van der Waals surface area contributed by atoms with E-state index < -0.39 is 6.10 Å². The van der Waals surface area contributed by atoms with Crippen molar-refractivity contribution in [3.8, 4) is 5.75 Å². The Morgan fingerprint density at radius 2 is 2.16 bits per heavy atom. The minimum absolute atomic E-state index is 0.168. The van der Waals surface area contributed by atoms with Gasteiger partial charge < -0.3 is 15.2 Å². The molecule has 2 rings (SSSR count). The molecule has 2 N–H and O–H groups in total. The molecular formula is C13H15FN2O2S. The van der Waals surface area contributed by atoms with Crippen LogP contribution in [0.4, 0.5) is 4.39 Å². The van der Waals surface area contributed by atoms with Gasteiger partial charge in [0.1, 0.15) is 24.3 Å². The van der Waals surface area contributed by atoms with Crippen LogP contribution in [-0.4, -0.2) is 29.3 Å². The second-order valence-corrected chi connectivity index (χ2v) is 4.99. The lowest BCUT2D eigenvalue weighted by Gasteiger charge is -2.12. The van der Waals surface area contributed by atoms with E-state index in [0.717, 1.165) is 4.88 Å². The highest BCUT2D eigenvalue weighted by Gasteiger charge is 2.05. The van der Waals surface area contributed by atoms with E-state index in [1.54, 1.807) is 23.0 Å². The van der Waals surface area contributed by atoms with Gasteiger partial charge in [0.15, 0.2) is 0 Å². The van der Waals surface area contributed by atoms with Gasteiger partial charge in [-0.05, 0) is 24.3 Å². The first-order chi connectivity index (χ1) is 9.24. The summed E-state index contributed by atoms with van der Waals surface area (Å²) in [5, 5.41) is 12.8. The smallest absolute Gasteiger partial charge is 0.123 e. The fourth-order valence-electron chi connectivity index (χ4n) is 1.47. The normalized spacial score (nSPS) is 12.3. The number of benzene rings is 1. The Balaban J connectivity index is 1.64. The molecule has 1 unspecified atom stereocenters. The van der Waals surface area contributed by atoms with E-state index in [9.17, 15) is 9.50 Å². The van der Waals surface area contributed by atoms with Gasteiger partial charge in [0.05, 0.1) is 5.51 Å². The molecule has 0 bridgehead atoms. The molecule has 0 saturated carbocycles. The van der Waals surface area contributed by atoms with Gasteiger partial charge in [-0.2, -0.15) is 0 Å². The second kappa shape index (κ2) is 7.18. The minimum atomic E-state index is -0.613. The Morgan fingerprint density at radius 1 is 1.37 bits per heavy atom. The van der Waals surface area contributed by atoms with E-state index in [0.29, 0.717) is 18.8 Å². The van der Waals surface area contributed by atoms with Gasteiger partial charge in [0.2, 0.25) is 0 Å². The number of aromatic nitrogens is 1. The number of aliphatic hydroxyl groups excluding tert-OH is 1. The van der Waals surface area contributed by atoms with Gasteiger partial charge in [-0.1, -0.05) is 0 Å². The van der Waals surface area contributed by atoms with Gasteiger partial charge in [-0.25, -0.2) is 4.39 Å². The molecule has 4 nitrogen and oxygen atoms in total. The molecule has 0 aliphatic rings. The fourth-order valence-corrected chi connectivity index (χ4v) is 2.04. The number of rotatable bonds is 7. The number of thiazole rings is 1. The van der Waals surface area contributed by atoms with E-state index in [-0.39, 0.29) is 12.4 Å². The highest BCUT2D eigenvalue weighted by Crippen LogP contribution is 2.11. The third-order valence-corrected chi connectivity index (χ3v) is 3.20. The zero-order valence-electron chi connectivity index (χ0n) is 10.3. The van der Waals surface area contributed by atoms with E-state index in [4.69, 9.17) is 4.74 Å². The molecule has 1 aromatic carbocycles. The molecule has 0 aliphatic heterocycles. The molecule has 1 aromatic heterocycles. The van der Waals surface area contributed by atoms with Crippen LogP contribution in [0.1, 0.15) is 4.88 Å². The topological polar surface area (TPSA) is 54.4 Å². The van der Waals surface area contributed by atoms with Gasteiger partial charge in [-0.15, -0.1) is 11.3 Å². The molecular weight excluding hydrogens is 267 g/mol. The summed E-state index contributed by atoms with van der Waals surface area (Å²) in [7, 11) is 0. The number of ether oxygens (including phenoxy) is 1. The second-order valence-electron chi connectivity index (χ2n) is 4.02. The van der Waals surface area contributed by atoms with Crippen molar-refractivity contribution in [3.05, 3.63) is 46.7 Å². The first kappa shape index (κ1) is 13.9. The quantitative estimate of drug-likeness (QED) is 0.813. The molecule has 0 amide bonds. The first-order valence-corrected chi connectivity index (χ1v) is 6.76. The number of aliphatic hydroxyl groups is 1. The van der Waals surface area contributed by atoms with Crippen molar-refractivity contribution < 1.29 is 14.2 Å². The fraction of sp³-hybridized carbons (Fsp3) is 0.308. The predicted octanol–water partition coefficient (Wildman–Crippen LogP) is 1.81. The zero-order chi connectivity index (χ0) is 13.5. The first-order valence-electron chi connectivity index (χ1n) is 5.88. The highest BCUT2D eigenvalue weighted by atomic mass is 32.1. The van der Waals surface area contributed by atoms with Crippen LogP contribution >= 0.6 is 11.3 Å².